The number of benzene rings is 2. The Morgan fingerprint density at radius 3 is 2.20 bits per heavy atom. The smallest absolute Gasteiger partial charge is 0.258 e. The highest BCUT2D eigenvalue weighted by atomic mass is 79.9. The maximum atomic E-state index is 13.7. The normalized spacial score (nSPS) is 10.4. The highest BCUT2D eigenvalue weighted by Gasteiger charge is 2.16. The van der Waals surface area contributed by atoms with Crippen LogP contribution in [0.25, 0.3) is 0 Å². The van der Waals surface area contributed by atoms with Crippen LogP contribution in [0.1, 0.15) is 10.4 Å². The molecule has 0 aliphatic rings. The standard InChI is InChI=1S/C13H6Br2Cl2FNO/c14-6-1-2-8(11(18)5-6)13(20)19-12-9(16)3-7(15)4-10(12)17/h1-5H,(H,19,20). The van der Waals surface area contributed by atoms with Gasteiger partial charge in [0.25, 0.3) is 5.91 Å². The highest BCUT2D eigenvalue weighted by Crippen LogP contribution is 2.34. The molecule has 0 atom stereocenters. The van der Waals surface area contributed by atoms with Crippen LogP contribution in [0.4, 0.5) is 10.1 Å². The van der Waals surface area contributed by atoms with Crippen LogP contribution in [0.2, 0.25) is 10.0 Å². The van der Waals surface area contributed by atoms with Crippen LogP contribution in [0, 0.1) is 5.82 Å². The molecule has 0 heterocycles. The van der Waals surface area contributed by atoms with E-state index < -0.39 is 11.7 Å². The van der Waals surface area contributed by atoms with E-state index in [1.165, 1.54) is 12.1 Å². The van der Waals surface area contributed by atoms with Gasteiger partial charge in [-0.3, -0.25) is 4.79 Å². The maximum Gasteiger partial charge on any atom is 0.258 e. The first-order valence-corrected chi connectivity index (χ1v) is 7.63. The first-order chi connectivity index (χ1) is 9.38. The van der Waals surface area contributed by atoms with E-state index in [9.17, 15) is 9.18 Å². The van der Waals surface area contributed by atoms with Gasteiger partial charge in [0.1, 0.15) is 5.82 Å². The lowest BCUT2D eigenvalue weighted by Crippen LogP contribution is -2.14. The molecule has 7 heteroatoms. The van der Waals surface area contributed by atoms with E-state index in [1.807, 2.05) is 0 Å². The van der Waals surface area contributed by atoms with Gasteiger partial charge in [-0.1, -0.05) is 55.1 Å². The van der Waals surface area contributed by atoms with Gasteiger partial charge in [0, 0.05) is 8.95 Å². The third kappa shape index (κ3) is 3.52. The lowest BCUT2D eigenvalue weighted by molar-refractivity contribution is 0.102. The van der Waals surface area contributed by atoms with E-state index in [4.69, 9.17) is 23.2 Å². The SMILES string of the molecule is O=C(Nc1c(Cl)cc(Br)cc1Cl)c1ccc(Br)cc1F. The fourth-order valence-electron chi connectivity index (χ4n) is 1.52. The molecule has 0 saturated carbocycles. The van der Waals surface area contributed by atoms with Crippen molar-refractivity contribution >= 4 is 66.7 Å². The second kappa shape index (κ2) is 6.43. The maximum absolute atomic E-state index is 13.7. The zero-order valence-electron chi connectivity index (χ0n) is 9.68. The predicted molar refractivity (Wildman–Crippen MR) is 86.2 cm³/mol. The summed E-state index contributed by atoms with van der Waals surface area (Å²) in [4.78, 5) is 12.0. The van der Waals surface area contributed by atoms with E-state index in [1.54, 1.807) is 18.2 Å². The van der Waals surface area contributed by atoms with Crippen LogP contribution >= 0.6 is 55.1 Å². The van der Waals surface area contributed by atoms with Gasteiger partial charge in [0.05, 0.1) is 21.3 Å². The van der Waals surface area contributed by atoms with Crippen LogP contribution in [-0.2, 0) is 0 Å². The summed E-state index contributed by atoms with van der Waals surface area (Å²) in [6.07, 6.45) is 0. The van der Waals surface area contributed by atoms with Crippen molar-refractivity contribution in [3.05, 3.63) is 60.7 Å². The quantitative estimate of drug-likeness (QED) is 0.616. The molecule has 104 valence electrons. The molecule has 0 radical (unpaired) electrons. The Labute approximate surface area is 141 Å². The fraction of sp³-hybridized carbons (Fsp3) is 0. The average Bonchev–Trinajstić information content (AvgIpc) is 2.33. The van der Waals surface area contributed by atoms with Gasteiger partial charge in [-0.05, 0) is 30.3 Å². The third-order valence-corrected chi connectivity index (χ3v) is 3.97. The van der Waals surface area contributed by atoms with Gasteiger partial charge < -0.3 is 5.32 Å². The van der Waals surface area contributed by atoms with Gasteiger partial charge in [-0.15, -0.1) is 0 Å². The molecular weight excluding hydrogens is 436 g/mol. The summed E-state index contributed by atoms with van der Waals surface area (Å²) >= 11 is 18.4. The van der Waals surface area contributed by atoms with Gasteiger partial charge >= 0.3 is 0 Å². The molecule has 0 unspecified atom stereocenters. The molecule has 0 bridgehead atoms. The van der Waals surface area contributed by atoms with Crippen molar-refractivity contribution in [2.75, 3.05) is 5.32 Å². The Balaban J connectivity index is 2.33. The van der Waals surface area contributed by atoms with Gasteiger partial charge in [-0.2, -0.15) is 0 Å². The van der Waals surface area contributed by atoms with Crippen molar-refractivity contribution in [3.63, 3.8) is 0 Å². The molecule has 2 rings (SSSR count). The first kappa shape index (κ1) is 15.8. The largest absolute Gasteiger partial charge is 0.319 e. The molecule has 0 saturated heterocycles. The molecule has 2 aromatic rings. The Morgan fingerprint density at radius 2 is 1.65 bits per heavy atom. The van der Waals surface area contributed by atoms with Crippen LogP contribution < -0.4 is 5.32 Å². The van der Waals surface area contributed by atoms with E-state index in [0.29, 0.717) is 8.95 Å². The van der Waals surface area contributed by atoms with Crippen LogP contribution in [0.15, 0.2) is 39.3 Å². The van der Waals surface area contributed by atoms with E-state index in [0.717, 1.165) is 0 Å². The zero-order chi connectivity index (χ0) is 14.9. The Bertz CT molecular complexity index is 671. The minimum atomic E-state index is -0.638. The summed E-state index contributed by atoms with van der Waals surface area (Å²) in [7, 11) is 0. The zero-order valence-corrected chi connectivity index (χ0v) is 14.4. The van der Waals surface area contributed by atoms with Crippen molar-refractivity contribution in [2.24, 2.45) is 0 Å². The molecule has 1 N–H and O–H groups in total. The Kier molecular flexibility index (Phi) is 5.07. The number of hydrogen-bond donors (Lipinski definition) is 1. The topological polar surface area (TPSA) is 29.1 Å². The summed E-state index contributed by atoms with van der Waals surface area (Å²) in [5, 5.41) is 3.02. The van der Waals surface area contributed by atoms with Gasteiger partial charge in [0.2, 0.25) is 0 Å². The fourth-order valence-corrected chi connectivity index (χ4v) is 3.15. The second-order valence-electron chi connectivity index (χ2n) is 3.82. The number of nitrogens with one attached hydrogen (secondary N) is 1. The van der Waals surface area contributed by atoms with Crippen molar-refractivity contribution in [1.82, 2.24) is 0 Å². The van der Waals surface area contributed by atoms with Crippen LogP contribution in [0.5, 0.6) is 0 Å². The molecule has 0 aliphatic carbocycles. The monoisotopic (exact) mass is 439 g/mol. The molecule has 2 nitrogen and oxygen atoms in total. The Hall–Kier alpha value is -0.620. The number of amides is 1. The van der Waals surface area contributed by atoms with Gasteiger partial charge in [-0.25, -0.2) is 4.39 Å². The lowest BCUT2D eigenvalue weighted by atomic mass is 10.2. The molecule has 20 heavy (non-hydrogen) atoms. The number of anilines is 1. The van der Waals surface area contributed by atoms with E-state index in [-0.39, 0.29) is 21.3 Å². The van der Waals surface area contributed by atoms with Gasteiger partial charge in [0.15, 0.2) is 0 Å². The van der Waals surface area contributed by atoms with Crippen molar-refractivity contribution in [2.45, 2.75) is 0 Å². The average molecular weight is 442 g/mol. The van der Waals surface area contributed by atoms with Crippen molar-refractivity contribution < 1.29 is 9.18 Å². The van der Waals surface area contributed by atoms with E-state index >= 15 is 0 Å². The summed E-state index contributed by atoms with van der Waals surface area (Å²) < 4.78 is 14.9. The number of hydrogen-bond acceptors (Lipinski definition) is 1. The molecule has 0 fully saturated rings. The third-order valence-electron chi connectivity index (χ3n) is 2.42. The number of carbonyl (C=O) groups excluding carboxylic acids is 1. The summed E-state index contributed by atoms with van der Waals surface area (Å²) in [6, 6.07) is 7.32. The minimum Gasteiger partial charge on any atom is -0.319 e. The van der Waals surface area contributed by atoms with Crippen molar-refractivity contribution in [3.8, 4) is 0 Å². The van der Waals surface area contributed by atoms with Crippen LogP contribution in [-0.4, -0.2) is 5.91 Å². The molecule has 0 aliphatic heterocycles. The summed E-state index contributed by atoms with van der Waals surface area (Å²) in [6.45, 7) is 0. The second-order valence-corrected chi connectivity index (χ2v) is 6.47. The molecular formula is C13H6Br2Cl2FNO. The number of carbonyl (C=O) groups is 1. The number of halogens is 5. The molecule has 1 amide bonds. The predicted octanol–water partition coefficient (Wildman–Crippen LogP) is 5.91. The van der Waals surface area contributed by atoms with Crippen LogP contribution in [0.3, 0.4) is 0 Å². The summed E-state index contributed by atoms with van der Waals surface area (Å²) in [5.74, 6) is -1.26. The van der Waals surface area contributed by atoms with Crippen molar-refractivity contribution in [1.29, 1.82) is 0 Å². The minimum absolute atomic E-state index is 0.0942. The molecule has 2 aromatic carbocycles. The molecule has 0 aromatic heterocycles. The Morgan fingerprint density at radius 1 is 1.05 bits per heavy atom. The number of rotatable bonds is 2. The summed E-state index contributed by atoms with van der Waals surface area (Å²) in [5.41, 5.74) is 0.145. The van der Waals surface area contributed by atoms with E-state index in [2.05, 4.69) is 37.2 Å². The lowest BCUT2D eigenvalue weighted by Gasteiger charge is -2.10. The molecule has 0 spiro atoms. The first-order valence-electron chi connectivity index (χ1n) is 5.29. The highest BCUT2D eigenvalue weighted by molar-refractivity contribution is 9.10.